The second-order valence-electron chi connectivity index (χ2n) is 6.74. The maximum absolute atomic E-state index is 12.6. The highest BCUT2D eigenvalue weighted by Gasteiger charge is 2.23. The van der Waals surface area contributed by atoms with E-state index in [0.717, 1.165) is 5.56 Å². The second-order valence-corrected chi connectivity index (χ2v) is 6.74. The summed E-state index contributed by atoms with van der Waals surface area (Å²) in [6.45, 7) is 13.1. The molecule has 2 heteroatoms. The van der Waals surface area contributed by atoms with Gasteiger partial charge in [0.15, 0.2) is 0 Å². The van der Waals surface area contributed by atoms with Crippen molar-refractivity contribution in [2.45, 2.75) is 59.3 Å². The Morgan fingerprint density at radius 1 is 0.850 bits per heavy atom. The summed E-state index contributed by atoms with van der Waals surface area (Å²) < 4.78 is 0. The first-order valence-electron chi connectivity index (χ1n) is 7.56. The molecular weight excluding hydrogens is 246 g/mol. The Morgan fingerprint density at radius 2 is 1.25 bits per heavy atom. The normalized spacial score (nSPS) is 11.6. The maximum atomic E-state index is 12.6. The predicted octanol–water partition coefficient (Wildman–Crippen LogP) is 4.76. The summed E-state index contributed by atoms with van der Waals surface area (Å²) in [6.07, 6.45) is 0. The molecule has 2 nitrogen and oxygen atoms in total. The van der Waals surface area contributed by atoms with E-state index in [-0.39, 0.29) is 5.91 Å². The van der Waals surface area contributed by atoms with E-state index < -0.39 is 0 Å². The van der Waals surface area contributed by atoms with E-state index in [1.807, 2.05) is 14.1 Å². The van der Waals surface area contributed by atoms with E-state index >= 15 is 0 Å². The average Bonchev–Trinajstić information content (AvgIpc) is 2.35. The molecule has 1 rings (SSSR count). The average molecular weight is 275 g/mol. The summed E-state index contributed by atoms with van der Waals surface area (Å²) in [5.74, 6) is 1.30. The van der Waals surface area contributed by atoms with Gasteiger partial charge in [-0.1, -0.05) is 53.7 Å². The van der Waals surface area contributed by atoms with E-state index in [4.69, 9.17) is 0 Å². The monoisotopic (exact) mass is 275 g/mol. The smallest absolute Gasteiger partial charge is 0.253 e. The van der Waals surface area contributed by atoms with Crippen LogP contribution in [0.2, 0.25) is 0 Å². The van der Waals surface area contributed by atoms with Gasteiger partial charge in [0.1, 0.15) is 0 Å². The second kappa shape index (κ2) is 6.43. The fraction of sp³-hybridized carbons (Fsp3) is 0.611. The van der Waals surface area contributed by atoms with Crippen molar-refractivity contribution in [3.63, 3.8) is 0 Å². The third kappa shape index (κ3) is 3.41. The molecule has 1 aromatic rings. The van der Waals surface area contributed by atoms with Crippen LogP contribution >= 0.6 is 0 Å². The van der Waals surface area contributed by atoms with Crippen LogP contribution in [0.25, 0.3) is 0 Å². The van der Waals surface area contributed by atoms with Crippen LogP contribution in [0, 0.1) is 0 Å². The van der Waals surface area contributed by atoms with Crippen LogP contribution in [0.5, 0.6) is 0 Å². The zero-order chi connectivity index (χ0) is 15.6. The van der Waals surface area contributed by atoms with Crippen molar-refractivity contribution in [2.24, 2.45) is 0 Å². The molecule has 0 spiro atoms. The molecule has 20 heavy (non-hydrogen) atoms. The molecule has 0 fully saturated rings. The van der Waals surface area contributed by atoms with Crippen molar-refractivity contribution >= 4 is 5.91 Å². The van der Waals surface area contributed by atoms with Gasteiger partial charge in [-0.3, -0.25) is 4.79 Å². The van der Waals surface area contributed by atoms with Crippen LogP contribution in [-0.4, -0.2) is 24.9 Å². The number of carbonyl (C=O) groups is 1. The number of carbonyl (C=O) groups excluding carboxylic acids is 1. The van der Waals surface area contributed by atoms with Gasteiger partial charge in [-0.2, -0.15) is 0 Å². The molecule has 112 valence electrons. The zero-order valence-electron chi connectivity index (χ0n) is 14.2. The Balaban J connectivity index is 3.64. The summed E-state index contributed by atoms with van der Waals surface area (Å²) in [7, 11) is 3.65. The Bertz CT molecular complexity index is 455. The minimum atomic E-state index is 0.118. The number of benzene rings is 1. The third-order valence-corrected chi connectivity index (χ3v) is 3.75. The number of hydrogen-bond donors (Lipinski definition) is 0. The maximum Gasteiger partial charge on any atom is 0.253 e. The number of amides is 1. The Morgan fingerprint density at radius 3 is 1.50 bits per heavy atom. The Labute approximate surface area is 124 Å². The molecule has 0 aliphatic carbocycles. The molecule has 0 heterocycles. The molecular formula is C18H29NO. The first-order chi connectivity index (χ1) is 9.16. The fourth-order valence-electron chi connectivity index (χ4n) is 2.43. The van der Waals surface area contributed by atoms with Crippen LogP contribution < -0.4 is 0 Å². The van der Waals surface area contributed by atoms with Crippen molar-refractivity contribution in [3.8, 4) is 0 Å². The van der Waals surface area contributed by atoms with E-state index in [0.29, 0.717) is 17.8 Å². The van der Waals surface area contributed by atoms with Crippen LogP contribution in [0.1, 0.15) is 86.3 Å². The first-order valence-corrected chi connectivity index (χ1v) is 7.56. The van der Waals surface area contributed by atoms with Crippen LogP contribution in [0.4, 0.5) is 0 Å². The number of nitrogens with zero attached hydrogens (tertiary/aromatic N) is 1. The quantitative estimate of drug-likeness (QED) is 0.776. The minimum absolute atomic E-state index is 0.118. The molecule has 0 atom stereocenters. The van der Waals surface area contributed by atoms with E-state index in [2.05, 4.69) is 53.7 Å². The molecule has 0 bridgehead atoms. The lowest BCUT2D eigenvalue weighted by Crippen LogP contribution is -2.25. The highest BCUT2D eigenvalue weighted by molar-refractivity contribution is 5.97. The fourth-order valence-corrected chi connectivity index (χ4v) is 2.43. The summed E-state index contributed by atoms with van der Waals surface area (Å²) in [5.41, 5.74) is 4.59. The first kappa shape index (κ1) is 16.7. The van der Waals surface area contributed by atoms with E-state index in [1.54, 1.807) is 4.90 Å². The van der Waals surface area contributed by atoms with Gasteiger partial charge in [-0.05, 0) is 34.4 Å². The van der Waals surface area contributed by atoms with Crippen molar-refractivity contribution < 1.29 is 4.79 Å². The molecule has 0 radical (unpaired) electrons. The largest absolute Gasteiger partial charge is 0.345 e. The van der Waals surface area contributed by atoms with Crippen LogP contribution in [-0.2, 0) is 0 Å². The van der Waals surface area contributed by atoms with Crippen LogP contribution in [0.15, 0.2) is 12.1 Å². The highest BCUT2D eigenvalue weighted by Crippen LogP contribution is 2.32. The molecule has 0 unspecified atom stereocenters. The lowest BCUT2D eigenvalue weighted by molar-refractivity contribution is 0.0824. The predicted molar refractivity (Wildman–Crippen MR) is 86.7 cm³/mol. The lowest BCUT2D eigenvalue weighted by Gasteiger charge is -2.24. The molecule has 0 saturated heterocycles. The van der Waals surface area contributed by atoms with Gasteiger partial charge >= 0.3 is 0 Å². The van der Waals surface area contributed by atoms with Crippen molar-refractivity contribution in [1.29, 1.82) is 0 Å². The molecule has 1 amide bonds. The molecule has 1 aromatic carbocycles. The van der Waals surface area contributed by atoms with Gasteiger partial charge in [-0.25, -0.2) is 0 Å². The topological polar surface area (TPSA) is 20.3 Å². The third-order valence-electron chi connectivity index (χ3n) is 3.75. The number of hydrogen-bond acceptors (Lipinski definition) is 1. The van der Waals surface area contributed by atoms with Gasteiger partial charge in [0.05, 0.1) is 0 Å². The van der Waals surface area contributed by atoms with E-state index in [1.165, 1.54) is 16.7 Å². The van der Waals surface area contributed by atoms with Gasteiger partial charge in [0, 0.05) is 19.7 Å². The van der Waals surface area contributed by atoms with Gasteiger partial charge in [-0.15, -0.1) is 0 Å². The van der Waals surface area contributed by atoms with E-state index in [9.17, 15) is 4.79 Å². The summed E-state index contributed by atoms with van der Waals surface area (Å²) in [5, 5.41) is 0. The molecule has 0 aromatic heterocycles. The highest BCUT2D eigenvalue weighted by atomic mass is 16.2. The number of rotatable bonds is 4. The molecule has 0 N–H and O–H groups in total. The molecule has 0 aliphatic rings. The summed E-state index contributed by atoms with van der Waals surface area (Å²) in [6, 6.07) is 4.44. The van der Waals surface area contributed by atoms with Crippen LogP contribution in [0.3, 0.4) is 0 Å². The van der Waals surface area contributed by atoms with Crippen molar-refractivity contribution in [1.82, 2.24) is 4.90 Å². The van der Waals surface area contributed by atoms with Gasteiger partial charge < -0.3 is 4.90 Å². The molecule has 0 saturated carbocycles. The van der Waals surface area contributed by atoms with Crippen molar-refractivity contribution in [3.05, 3.63) is 34.4 Å². The summed E-state index contributed by atoms with van der Waals surface area (Å²) in [4.78, 5) is 14.3. The van der Waals surface area contributed by atoms with Crippen molar-refractivity contribution in [2.75, 3.05) is 14.1 Å². The van der Waals surface area contributed by atoms with Gasteiger partial charge in [0.25, 0.3) is 5.91 Å². The minimum Gasteiger partial charge on any atom is -0.345 e. The zero-order valence-corrected chi connectivity index (χ0v) is 14.2. The molecule has 0 aliphatic heterocycles. The Hall–Kier alpha value is -1.31. The van der Waals surface area contributed by atoms with Gasteiger partial charge in [0.2, 0.25) is 0 Å². The standard InChI is InChI=1S/C18H29NO/c1-11(2)14-9-15(12(3)4)17(18(20)19(7)8)16(10-14)13(5)6/h9-13H,1-8H3. The Kier molecular flexibility index (Phi) is 5.38. The lowest BCUT2D eigenvalue weighted by atomic mass is 9.84. The SMILES string of the molecule is CC(C)c1cc(C(C)C)c(C(=O)N(C)C)c(C(C)C)c1. The summed E-state index contributed by atoms with van der Waals surface area (Å²) >= 11 is 0.